The monoisotopic (exact) mass is 261 g/mol. The summed E-state index contributed by atoms with van der Waals surface area (Å²) < 4.78 is 27.3. The Labute approximate surface area is 102 Å². The van der Waals surface area contributed by atoms with Gasteiger partial charge in [0, 0.05) is 18.7 Å². The minimum absolute atomic E-state index is 0.0619. The number of ether oxygens (including phenoxy) is 1. The molecule has 1 aliphatic heterocycles. The molecule has 1 saturated heterocycles. The quantitative estimate of drug-likeness (QED) is 0.523. The summed E-state index contributed by atoms with van der Waals surface area (Å²) in [5.41, 5.74) is 0. The number of hydrogen-bond acceptors (Lipinski definition) is 5. The Bertz CT molecular complexity index is 388. The summed E-state index contributed by atoms with van der Waals surface area (Å²) >= 11 is 0. The number of rotatable bonds is 5. The molecule has 0 aromatic heterocycles. The van der Waals surface area contributed by atoms with Gasteiger partial charge in [-0.3, -0.25) is 4.90 Å². The van der Waals surface area contributed by atoms with Gasteiger partial charge in [0.25, 0.3) is 0 Å². The van der Waals surface area contributed by atoms with Crippen molar-refractivity contribution in [3.8, 4) is 0 Å². The number of sulfone groups is 1. The van der Waals surface area contributed by atoms with E-state index < -0.39 is 9.84 Å². The molecule has 0 aliphatic carbocycles. The van der Waals surface area contributed by atoms with E-state index in [0.29, 0.717) is 19.6 Å². The van der Waals surface area contributed by atoms with Crippen LogP contribution in [0.5, 0.6) is 0 Å². The van der Waals surface area contributed by atoms with Crippen molar-refractivity contribution in [1.82, 2.24) is 4.90 Å². The molecule has 0 radical (unpaired) electrons. The van der Waals surface area contributed by atoms with Crippen molar-refractivity contribution in [1.29, 1.82) is 0 Å². The molecule has 1 rings (SSSR count). The molecule has 0 aromatic carbocycles. The zero-order valence-electron chi connectivity index (χ0n) is 10.3. The molecule has 1 fully saturated rings. The van der Waals surface area contributed by atoms with Gasteiger partial charge in [-0.15, -0.1) is 0 Å². The van der Waals surface area contributed by atoms with Crippen LogP contribution in [0.2, 0.25) is 0 Å². The molecule has 5 nitrogen and oxygen atoms in total. The Morgan fingerprint density at radius 1 is 1.53 bits per heavy atom. The van der Waals surface area contributed by atoms with E-state index in [4.69, 9.17) is 4.74 Å². The third kappa shape index (κ3) is 4.87. The normalized spacial score (nSPS) is 23.4. The number of esters is 1. The third-order valence-electron chi connectivity index (χ3n) is 2.77. The molecule has 0 spiro atoms. The van der Waals surface area contributed by atoms with Gasteiger partial charge in [0.15, 0.2) is 9.84 Å². The second-order valence-corrected chi connectivity index (χ2v) is 6.38. The van der Waals surface area contributed by atoms with E-state index in [1.54, 1.807) is 13.0 Å². The Morgan fingerprint density at radius 2 is 2.24 bits per heavy atom. The maximum atomic E-state index is 11.3. The van der Waals surface area contributed by atoms with Crippen molar-refractivity contribution in [2.75, 3.05) is 31.7 Å². The molecular formula is C11H19NO4S. The fourth-order valence-corrected chi connectivity index (χ4v) is 3.58. The van der Waals surface area contributed by atoms with E-state index in [1.807, 2.05) is 11.9 Å². The maximum Gasteiger partial charge on any atom is 0.330 e. The van der Waals surface area contributed by atoms with Crippen LogP contribution >= 0.6 is 0 Å². The van der Waals surface area contributed by atoms with Gasteiger partial charge >= 0.3 is 5.97 Å². The molecule has 0 N–H and O–H groups in total. The molecule has 17 heavy (non-hydrogen) atoms. The molecule has 1 aliphatic rings. The summed E-state index contributed by atoms with van der Waals surface area (Å²) in [4.78, 5) is 13.0. The number of carbonyl (C=O) groups excluding carboxylic acids is 1. The van der Waals surface area contributed by atoms with E-state index in [-0.39, 0.29) is 23.5 Å². The highest BCUT2D eigenvalue weighted by Crippen LogP contribution is 2.16. The first-order valence-corrected chi connectivity index (χ1v) is 7.50. The average molecular weight is 261 g/mol. The van der Waals surface area contributed by atoms with E-state index in [2.05, 4.69) is 0 Å². The van der Waals surface area contributed by atoms with Crippen molar-refractivity contribution < 1.29 is 17.9 Å². The third-order valence-corrected chi connectivity index (χ3v) is 4.52. The summed E-state index contributed by atoms with van der Waals surface area (Å²) in [7, 11) is -0.986. The number of likely N-dealkylation sites (N-methyl/N-ethyl adjacent to an activating group) is 1. The zero-order valence-corrected chi connectivity index (χ0v) is 11.1. The predicted molar refractivity (Wildman–Crippen MR) is 65.5 cm³/mol. The highest BCUT2D eigenvalue weighted by atomic mass is 32.2. The summed E-state index contributed by atoms with van der Waals surface area (Å²) in [5, 5.41) is 0. The molecule has 0 amide bonds. The van der Waals surface area contributed by atoms with Crippen molar-refractivity contribution in [3.63, 3.8) is 0 Å². The number of carbonyl (C=O) groups is 1. The fourth-order valence-electron chi connectivity index (χ4n) is 1.78. The first-order valence-electron chi connectivity index (χ1n) is 5.68. The van der Waals surface area contributed by atoms with Crippen molar-refractivity contribution in [2.45, 2.75) is 19.4 Å². The van der Waals surface area contributed by atoms with Crippen LogP contribution in [0.25, 0.3) is 0 Å². The van der Waals surface area contributed by atoms with Crippen LogP contribution in [0.3, 0.4) is 0 Å². The number of hydrogen-bond donors (Lipinski definition) is 0. The number of nitrogens with zero attached hydrogens (tertiary/aromatic N) is 1. The summed E-state index contributed by atoms with van der Waals surface area (Å²) in [6, 6.07) is 0.0619. The van der Waals surface area contributed by atoms with Crippen LogP contribution < -0.4 is 0 Å². The standard InChI is InChI=1S/C11H19NO4S/c1-3-16-11(13)5-4-7-12(2)10-6-8-17(14,15)9-10/h4-5,10H,3,6-9H2,1-2H3/b5-4+. The van der Waals surface area contributed by atoms with Gasteiger partial charge in [0.05, 0.1) is 18.1 Å². The second kappa shape index (κ2) is 6.16. The summed E-state index contributed by atoms with van der Waals surface area (Å²) in [6.45, 7) is 2.67. The topological polar surface area (TPSA) is 63.7 Å². The van der Waals surface area contributed by atoms with E-state index in [9.17, 15) is 13.2 Å². The van der Waals surface area contributed by atoms with Crippen LogP contribution in [0.4, 0.5) is 0 Å². The largest absolute Gasteiger partial charge is 0.463 e. The van der Waals surface area contributed by atoms with E-state index in [1.165, 1.54) is 6.08 Å². The smallest absolute Gasteiger partial charge is 0.330 e. The van der Waals surface area contributed by atoms with Gasteiger partial charge in [-0.1, -0.05) is 6.08 Å². The highest BCUT2D eigenvalue weighted by molar-refractivity contribution is 7.91. The molecular weight excluding hydrogens is 242 g/mol. The van der Waals surface area contributed by atoms with Crippen LogP contribution in [-0.4, -0.2) is 57.0 Å². The molecule has 1 heterocycles. The molecule has 6 heteroatoms. The van der Waals surface area contributed by atoms with Crippen molar-refractivity contribution in [3.05, 3.63) is 12.2 Å². The Hall–Kier alpha value is -0.880. The van der Waals surface area contributed by atoms with Gasteiger partial charge < -0.3 is 4.74 Å². The SMILES string of the molecule is CCOC(=O)/C=C/CN(C)C1CCS(=O)(=O)C1. The molecule has 0 saturated carbocycles. The van der Waals surface area contributed by atoms with Crippen LogP contribution in [0, 0.1) is 0 Å². The zero-order chi connectivity index (χ0) is 12.9. The van der Waals surface area contributed by atoms with Gasteiger partial charge in [-0.2, -0.15) is 0 Å². The van der Waals surface area contributed by atoms with Gasteiger partial charge in [-0.05, 0) is 20.4 Å². The fraction of sp³-hybridized carbons (Fsp3) is 0.727. The van der Waals surface area contributed by atoms with E-state index >= 15 is 0 Å². The van der Waals surface area contributed by atoms with Crippen molar-refractivity contribution >= 4 is 15.8 Å². The lowest BCUT2D eigenvalue weighted by atomic mass is 10.2. The van der Waals surface area contributed by atoms with Crippen LogP contribution in [0.15, 0.2) is 12.2 Å². The lowest BCUT2D eigenvalue weighted by molar-refractivity contribution is -0.137. The Kier molecular flexibility index (Phi) is 5.14. The van der Waals surface area contributed by atoms with Gasteiger partial charge in [0.2, 0.25) is 0 Å². The lowest BCUT2D eigenvalue weighted by Crippen LogP contribution is -2.32. The Morgan fingerprint density at radius 3 is 2.76 bits per heavy atom. The molecule has 0 aromatic rings. The Balaban J connectivity index is 2.35. The molecule has 98 valence electrons. The van der Waals surface area contributed by atoms with E-state index in [0.717, 1.165) is 0 Å². The summed E-state index contributed by atoms with van der Waals surface area (Å²) in [6.07, 6.45) is 3.75. The molecule has 1 unspecified atom stereocenters. The highest BCUT2D eigenvalue weighted by Gasteiger charge is 2.29. The molecule has 1 atom stereocenters. The lowest BCUT2D eigenvalue weighted by Gasteiger charge is -2.20. The summed E-state index contributed by atoms with van der Waals surface area (Å²) in [5.74, 6) is 0.125. The minimum atomic E-state index is -2.85. The first-order chi connectivity index (χ1) is 7.94. The van der Waals surface area contributed by atoms with Crippen molar-refractivity contribution in [2.24, 2.45) is 0 Å². The predicted octanol–water partition coefficient (Wildman–Crippen LogP) is 0.225. The van der Waals surface area contributed by atoms with Crippen LogP contribution in [-0.2, 0) is 19.4 Å². The molecule has 0 bridgehead atoms. The van der Waals surface area contributed by atoms with Gasteiger partial charge in [-0.25, -0.2) is 13.2 Å². The second-order valence-electron chi connectivity index (χ2n) is 4.15. The van der Waals surface area contributed by atoms with Gasteiger partial charge in [0.1, 0.15) is 0 Å². The minimum Gasteiger partial charge on any atom is -0.463 e. The maximum absolute atomic E-state index is 11.3. The van der Waals surface area contributed by atoms with Crippen LogP contribution in [0.1, 0.15) is 13.3 Å². The first kappa shape index (κ1) is 14.2. The average Bonchev–Trinajstić information content (AvgIpc) is 2.59.